The Bertz CT molecular complexity index is 806. The van der Waals surface area contributed by atoms with Crippen LogP contribution in [0.25, 0.3) is 0 Å². The Morgan fingerprint density at radius 1 is 1.00 bits per heavy atom. The predicted octanol–water partition coefficient (Wildman–Crippen LogP) is 4.99. The molecule has 0 unspecified atom stereocenters. The molecule has 0 fully saturated rings. The summed E-state index contributed by atoms with van der Waals surface area (Å²) in [5.41, 5.74) is 3.62. The van der Waals surface area contributed by atoms with Gasteiger partial charge in [-0.25, -0.2) is 0 Å². The van der Waals surface area contributed by atoms with E-state index in [9.17, 15) is 9.59 Å². The van der Waals surface area contributed by atoms with Crippen molar-refractivity contribution in [2.24, 2.45) is 0 Å². The summed E-state index contributed by atoms with van der Waals surface area (Å²) in [6.45, 7) is 5.80. The molecule has 6 heteroatoms. The molecule has 0 bridgehead atoms. The molecule has 2 rings (SSSR count). The van der Waals surface area contributed by atoms with Crippen molar-refractivity contribution < 1.29 is 9.59 Å². The van der Waals surface area contributed by atoms with Crippen molar-refractivity contribution in [3.05, 3.63) is 57.6 Å². The number of aryl methyl sites for hydroxylation is 2. The van der Waals surface area contributed by atoms with E-state index in [0.717, 1.165) is 16.8 Å². The lowest BCUT2D eigenvalue weighted by Gasteiger charge is -2.22. The molecule has 0 radical (unpaired) electrons. The first-order valence-corrected chi connectivity index (χ1v) is 8.64. The van der Waals surface area contributed by atoms with E-state index in [1.165, 1.54) is 6.92 Å². The van der Waals surface area contributed by atoms with Gasteiger partial charge in [-0.05, 0) is 55.3 Å². The summed E-state index contributed by atoms with van der Waals surface area (Å²) in [6, 6.07) is 10.7. The minimum atomic E-state index is -0.200. The van der Waals surface area contributed by atoms with Gasteiger partial charge in [0.2, 0.25) is 11.8 Å². The average Bonchev–Trinajstić information content (AvgIpc) is 2.54. The second-order valence-electron chi connectivity index (χ2n) is 5.87. The van der Waals surface area contributed by atoms with E-state index >= 15 is 0 Å². The van der Waals surface area contributed by atoms with Gasteiger partial charge in [0.05, 0.1) is 10.0 Å². The molecule has 0 saturated heterocycles. The lowest BCUT2D eigenvalue weighted by molar-refractivity contribution is -0.117. The maximum absolute atomic E-state index is 12.2. The zero-order chi connectivity index (χ0) is 18.6. The fraction of sp³-hybridized carbons (Fsp3) is 0.263. The van der Waals surface area contributed by atoms with Gasteiger partial charge in [-0.3, -0.25) is 9.59 Å². The highest BCUT2D eigenvalue weighted by Gasteiger charge is 2.14. The van der Waals surface area contributed by atoms with Crippen LogP contribution in [0.1, 0.15) is 24.5 Å². The quantitative estimate of drug-likeness (QED) is 0.796. The Morgan fingerprint density at radius 3 is 2.32 bits per heavy atom. The number of nitrogens with one attached hydrogen (secondary N) is 1. The number of carbonyl (C=O) groups is 2. The number of carbonyl (C=O) groups excluding carboxylic acids is 2. The Morgan fingerprint density at radius 2 is 1.72 bits per heavy atom. The molecule has 2 aromatic rings. The van der Waals surface area contributed by atoms with Crippen LogP contribution in [-0.2, 0) is 9.59 Å². The van der Waals surface area contributed by atoms with Gasteiger partial charge in [0.25, 0.3) is 0 Å². The van der Waals surface area contributed by atoms with Crippen molar-refractivity contribution in [2.45, 2.75) is 27.2 Å². The average molecular weight is 379 g/mol. The zero-order valence-electron chi connectivity index (χ0n) is 14.4. The predicted molar refractivity (Wildman–Crippen MR) is 104 cm³/mol. The molecule has 0 saturated carbocycles. The van der Waals surface area contributed by atoms with Gasteiger partial charge in [0.1, 0.15) is 0 Å². The fourth-order valence-corrected chi connectivity index (χ4v) is 2.67. The highest BCUT2D eigenvalue weighted by atomic mass is 35.5. The van der Waals surface area contributed by atoms with Crippen LogP contribution in [0.15, 0.2) is 36.4 Å². The fourth-order valence-electron chi connectivity index (χ4n) is 2.37. The van der Waals surface area contributed by atoms with E-state index < -0.39 is 0 Å². The summed E-state index contributed by atoms with van der Waals surface area (Å²) in [5.74, 6) is -0.306. The van der Waals surface area contributed by atoms with E-state index in [-0.39, 0.29) is 18.2 Å². The Kier molecular flexibility index (Phi) is 6.45. The van der Waals surface area contributed by atoms with E-state index in [4.69, 9.17) is 23.2 Å². The first-order valence-electron chi connectivity index (χ1n) is 7.88. The van der Waals surface area contributed by atoms with Crippen molar-refractivity contribution in [1.82, 2.24) is 0 Å². The van der Waals surface area contributed by atoms with Crippen LogP contribution in [0.5, 0.6) is 0 Å². The number of amides is 2. The molecule has 25 heavy (non-hydrogen) atoms. The molecule has 0 aromatic heterocycles. The minimum absolute atomic E-state index is 0.106. The van der Waals surface area contributed by atoms with Gasteiger partial charge in [0.15, 0.2) is 0 Å². The minimum Gasteiger partial charge on any atom is -0.326 e. The van der Waals surface area contributed by atoms with Gasteiger partial charge in [-0.1, -0.05) is 29.3 Å². The summed E-state index contributed by atoms with van der Waals surface area (Å²) in [6.07, 6.45) is 0.173. The van der Waals surface area contributed by atoms with Gasteiger partial charge in [-0.15, -0.1) is 0 Å². The number of hydrogen-bond acceptors (Lipinski definition) is 2. The largest absolute Gasteiger partial charge is 0.326 e. The maximum Gasteiger partial charge on any atom is 0.226 e. The van der Waals surface area contributed by atoms with Crippen molar-refractivity contribution >= 4 is 46.4 Å². The van der Waals surface area contributed by atoms with Gasteiger partial charge in [-0.2, -0.15) is 0 Å². The second kappa shape index (κ2) is 8.37. The third-order valence-corrected chi connectivity index (χ3v) is 4.69. The summed E-state index contributed by atoms with van der Waals surface area (Å²) < 4.78 is 0. The van der Waals surface area contributed by atoms with E-state index in [1.54, 1.807) is 23.1 Å². The van der Waals surface area contributed by atoms with Crippen LogP contribution in [0, 0.1) is 13.8 Å². The van der Waals surface area contributed by atoms with Gasteiger partial charge in [0, 0.05) is 31.3 Å². The molecule has 0 aliphatic rings. The van der Waals surface area contributed by atoms with Crippen LogP contribution >= 0.6 is 23.2 Å². The number of halogens is 2. The molecule has 1 N–H and O–H groups in total. The van der Waals surface area contributed by atoms with Crippen molar-refractivity contribution in [3.63, 3.8) is 0 Å². The zero-order valence-corrected chi connectivity index (χ0v) is 15.9. The van der Waals surface area contributed by atoms with Gasteiger partial charge >= 0.3 is 0 Å². The Balaban J connectivity index is 2.02. The number of anilines is 2. The van der Waals surface area contributed by atoms with E-state index in [1.807, 2.05) is 32.0 Å². The molecular formula is C19H20Cl2N2O2. The molecule has 2 aromatic carbocycles. The number of nitrogens with zero attached hydrogens (tertiary/aromatic N) is 1. The van der Waals surface area contributed by atoms with Crippen LogP contribution in [0.3, 0.4) is 0 Å². The first kappa shape index (κ1) is 19.3. The van der Waals surface area contributed by atoms with E-state index in [2.05, 4.69) is 5.32 Å². The Labute approximate surface area is 157 Å². The first-order chi connectivity index (χ1) is 11.8. The van der Waals surface area contributed by atoms with Crippen LogP contribution in [0.4, 0.5) is 11.4 Å². The molecule has 0 spiro atoms. The molecule has 2 amide bonds. The van der Waals surface area contributed by atoms with Gasteiger partial charge < -0.3 is 10.2 Å². The van der Waals surface area contributed by atoms with Crippen LogP contribution in [-0.4, -0.2) is 18.4 Å². The van der Waals surface area contributed by atoms with Crippen LogP contribution < -0.4 is 10.2 Å². The summed E-state index contributed by atoms with van der Waals surface area (Å²) in [4.78, 5) is 25.7. The smallest absolute Gasteiger partial charge is 0.226 e. The van der Waals surface area contributed by atoms with Crippen LogP contribution in [0.2, 0.25) is 10.0 Å². The summed E-state index contributed by atoms with van der Waals surface area (Å²) in [5, 5.41) is 3.56. The second-order valence-corrected chi connectivity index (χ2v) is 6.68. The maximum atomic E-state index is 12.2. The molecule has 0 aliphatic carbocycles. The standard InChI is InChI=1S/C19H20Cl2N2O2/c1-12-4-6-16(10-13(12)2)23(14(3)24)9-8-19(25)22-15-5-7-17(20)18(21)11-15/h4-7,10-11H,8-9H2,1-3H3,(H,22,25). The topological polar surface area (TPSA) is 49.4 Å². The number of rotatable bonds is 5. The number of hydrogen-bond donors (Lipinski definition) is 1. The lowest BCUT2D eigenvalue weighted by Crippen LogP contribution is -2.32. The lowest BCUT2D eigenvalue weighted by atomic mass is 10.1. The molecule has 0 aliphatic heterocycles. The highest BCUT2D eigenvalue weighted by molar-refractivity contribution is 6.42. The molecular weight excluding hydrogens is 359 g/mol. The third kappa shape index (κ3) is 5.21. The highest BCUT2D eigenvalue weighted by Crippen LogP contribution is 2.25. The summed E-state index contributed by atoms with van der Waals surface area (Å²) >= 11 is 11.8. The third-order valence-electron chi connectivity index (χ3n) is 3.95. The van der Waals surface area contributed by atoms with E-state index in [0.29, 0.717) is 22.3 Å². The van der Waals surface area contributed by atoms with Crippen molar-refractivity contribution in [2.75, 3.05) is 16.8 Å². The summed E-state index contributed by atoms with van der Waals surface area (Å²) in [7, 11) is 0. The molecule has 4 nitrogen and oxygen atoms in total. The molecule has 0 heterocycles. The Hall–Kier alpha value is -2.04. The number of benzene rings is 2. The molecule has 132 valence electrons. The van der Waals surface area contributed by atoms with Crippen molar-refractivity contribution in [3.8, 4) is 0 Å². The van der Waals surface area contributed by atoms with Crippen molar-refractivity contribution in [1.29, 1.82) is 0 Å². The molecule has 0 atom stereocenters. The normalized spacial score (nSPS) is 10.4. The SMILES string of the molecule is CC(=O)N(CCC(=O)Nc1ccc(Cl)c(Cl)c1)c1ccc(C)c(C)c1. The monoisotopic (exact) mass is 378 g/mol.